The average molecular weight is 592 g/mol. The molecule has 2 N–H and O–H groups in total. The first-order valence-electron chi connectivity index (χ1n) is 14.2. The number of fused-ring (bicyclic) bond motifs is 2. The highest BCUT2D eigenvalue weighted by molar-refractivity contribution is 5.93. The molecular weight excluding hydrogens is 558 g/mol. The molecular formula is C35H33N3O6. The Hall–Kier alpha value is -5.17. The van der Waals surface area contributed by atoms with Gasteiger partial charge in [0.2, 0.25) is 0 Å². The number of aromatic nitrogens is 2. The third-order valence-corrected chi connectivity index (χ3v) is 7.09. The molecule has 1 heterocycles. The van der Waals surface area contributed by atoms with Gasteiger partial charge in [0.1, 0.15) is 32.0 Å². The molecule has 0 saturated heterocycles. The van der Waals surface area contributed by atoms with Crippen LogP contribution in [-0.2, 0) is 20.9 Å². The van der Waals surface area contributed by atoms with Gasteiger partial charge in [-0.3, -0.25) is 4.79 Å². The molecule has 9 heteroatoms. The zero-order chi connectivity index (χ0) is 30.9. The Morgan fingerprint density at radius 2 is 1.70 bits per heavy atom. The molecule has 0 radical (unpaired) electrons. The van der Waals surface area contributed by atoms with Crippen molar-refractivity contribution in [2.24, 2.45) is 0 Å². The minimum Gasteiger partial charge on any atom is -0.487 e. The first kappa shape index (κ1) is 30.3. The quantitative estimate of drug-likeness (QED) is 0.100. The van der Waals surface area contributed by atoms with Gasteiger partial charge in [-0.2, -0.15) is 0 Å². The summed E-state index contributed by atoms with van der Waals surface area (Å²) < 4.78 is 22.7. The van der Waals surface area contributed by atoms with E-state index in [4.69, 9.17) is 25.4 Å². The van der Waals surface area contributed by atoms with Crippen molar-refractivity contribution < 1.29 is 28.8 Å². The number of nitrogens with one attached hydrogen (secondary N) is 1. The summed E-state index contributed by atoms with van der Waals surface area (Å²) in [5.74, 6) is 3.31. The zero-order valence-electron chi connectivity index (χ0n) is 24.6. The van der Waals surface area contributed by atoms with Crippen LogP contribution in [0.4, 0.5) is 11.5 Å². The van der Waals surface area contributed by atoms with Gasteiger partial charge >= 0.3 is 5.97 Å². The van der Waals surface area contributed by atoms with Gasteiger partial charge < -0.3 is 29.4 Å². The Bertz CT molecular complexity index is 1820. The number of hydrogen-bond donors (Lipinski definition) is 2. The van der Waals surface area contributed by atoms with Gasteiger partial charge in [0.05, 0.1) is 24.6 Å². The maximum atomic E-state index is 12.9. The Morgan fingerprint density at radius 1 is 0.932 bits per heavy atom. The molecule has 5 rings (SSSR count). The number of hydrogen-bond acceptors (Lipinski definition) is 9. The lowest BCUT2D eigenvalue weighted by molar-refractivity contribution is -0.145. The van der Waals surface area contributed by atoms with Crippen molar-refractivity contribution in [2.45, 2.75) is 19.4 Å². The second kappa shape index (κ2) is 14.3. The van der Waals surface area contributed by atoms with Gasteiger partial charge in [-0.25, -0.2) is 9.97 Å². The number of nitrogens with zero attached hydrogens (tertiary/aromatic N) is 2. The fraction of sp³-hybridized carbons (Fsp3) is 0.229. The van der Waals surface area contributed by atoms with Crippen LogP contribution in [0.5, 0.6) is 11.5 Å². The minimum absolute atomic E-state index is 0.0180. The average Bonchev–Trinajstić information content (AvgIpc) is 3.06. The number of carbonyl (C=O) groups excluding carboxylic acids is 1. The molecule has 9 nitrogen and oxygen atoms in total. The molecule has 0 spiro atoms. The van der Waals surface area contributed by atoms with E-state index in [-0.39, 0.29) is 25.8 Å². The number of rotatable bonds is 13. The molecule has 0 saturated carbocycles. The molecule has 224 valence electrons. The lowest BCUT2D eigenvalue weighted by atomic mass is 9.97. The molecule has 0 aliphatic carbocycles. The molecule has 0 aliphatic heterocycles. The van der Waals surface area contributed by atoms with Crippen molar-refractivity contribution in [3.05, 3.63) is 95.8 Å². The molecule has 1 unspecified atom stereocenters. The van der Waals surface area contributed by atoms with Crippen LogP contribution < -0.4 is 14.8 Å². The van der Waals surface area contributed by atoms with Crippen LogP contribution in [-0.4, -0.2) is 54.6 Å². The van der Waals surface area contributed by atoms with Gasteiger partial charge in [-0.1, -0.05) is 42.3 Å². The van der Waals surface area contributed by atoms with E-state index in [0.29, 0.717) is 41.4 Å². The molecule has 0 fully saturated rings. The Labute approximate surface area is 255 Å². The Morgan fingerprint density at radius 3 is 2.50 bits per heavy atom. The summed E-state index contributed by atoms with van der Waals surface area (Å²) in [5.41, 5.74) is 3.86. The predicted octanol–water partition coefficient (Wildman–Crippen LogP) is 5.75. The first-order chi connectivity index (χ1) is 21.5. The highest BCUT2D eigenvalue weighted by Gasteiger charge is 2.18. The van der Waals surface area contributed by atoms with Crippen LogP contribution in [0, 0.1) is 12.3 Å². The fourth-order valence-corrected chi connectivity index (χ4v) is 4.68. The number of aliphatic hydroxyl groups excluding tert-OH is 1. The second-order valence-electron chi connectivity index (χ2n) is 10.1. The molecule has 1 aromatic heterocycles. The smallest absolute Gasteiger partial charge is 0.313 e. The SMILES string of the molecule is C#Cc1cccc(Nc2ncnc3cc(OCCOC)c(OCCOC(=O)C(C)c4ccc5cc(CO)ccc5c4)cc23)c1. The van der Waals surface area contributed by atoms with Crippen molar-refractivity contribution >= 4 is 39.1 Å². The van der Waals surface area contributed by atoms with E-state index in [0.717, 1.165) is 33.2 Å². The van der Waals surface area contributed by atoms with Gasteiger partial charge in [-0.15, -0.1) is 6.42 Å². The normalized spacial score (nSPS) is 11.6. The van der Waals surface area contributed by atoms with Crippen LogP contribution in [0.25, 0.3) is 21.7 Å². The summed E-state index contributed by atoms with van der Waals surface area (Å²) in [5, 5.41) is 15.4. The maximum Gasteiger partial charge on any atom is 0.313 e. The van der Waals surface area contributed by atoms with Crippen molar-refractivity contribution in [3.8, 4) is 23.8 Å². The Kier molecular flexibility index (Phi) is 9.87. The number of methoxy groups -OCH3 is 1. The largest absolute Gasteiger partial charge is 0.487 e. The number of anilines is 2. The minimum atomic E-state index is -0.468. The van der Waals surface area contributed by atoms with Gasteiger partial charge in [-0.05, 0) is 59.2 Å². The topological polar surface area (TPSA) is 112 Å². The molecule has 0 aliphatic rings. The molecule has 5 aromatic rings. The third kappa shape index (κ3) is 7.24. The summed E-state index contributed by atoms with van der Waals surface area (Å²) in [6.45, 7) is 2.65. The van der Waals surface area contributed by atoms with Crippen LogP contribution in [0.1, 0.15) is 29.5 Å². The van der Waals surface area contributed by atoms with Crippen LogP contribution >= 0.6 is 0 Å². The van der Waals surface area contributed by atoms with E-state index in [1.54, 1.807) is 19.2 Å². The standard InChI is InChI=1S/C35H33N3O6/c1-4-24-6-5-7-29(17-24)38-34-30-19-32(33(42-13-12-41-3)20-31(30)36-22-37-34)43-14-15-44-35(40)23(2)26-10-11-27-16-25(21-39)8-9-28(27)18-26/h1,5-11,16-20,22-23,39H,12-15,21H2,2-3H3,(H,36,37,38). The van der Waals surface area contributed by atoms with Crippen molar-refractivity contribution in [2.75, 3.05) is 38.9 Å². The number of terminal acetylenes is 1. The first-order valence-corrected chi connectivity index (χ1v) is 14.2. The lowest BCUT2D eigenvalue weighted by Crippen LogP contribution is -2.17. The van der Waals surface area contributed by atoms with Crippen LogP contribution in [0.15, 0.2) is 79.1 Å². The van der Waals surface area contributed by atoms with E-state index in [1.807, 2.05) is 67.6 Å². The summed E-state index contributed by atoms with van der Waals surface area (Å²) in [6.07, 6.45) is 7.03. The summed E-state index contributed by atoms with van der Waals surface area (Å²) in [4.78, 5) is 21.7. The monoisotopic (exact) mass is 591 g/mol. The molecule has 44 heavy (non-hydrogen) atoms. The second-order valence-corrected chi connectivity index (χ2v) is 10.1. The molecule has 0 amide bonds. The maximum absolute atomic E-state index is 12.9. The summed E-state index contributed by atoms with van der Waals surface area (Å²) in [7, 11) is 1.60. The predicted molar refractivity (Wildman–Crippen MR) is 169 cm³/mol. The third-order valence-electron chi connectivity index (χ3n) is 7.09. The summed E-state index contributed by atoms with van der Waals surface area (Å²) in [6, 6.07) is 22.6. The van der Waals surface area contributed by atoms with E-state index in [1.165, 1.54) is 6.33 Å². The number of benzene rings is 4. The number of esters is 1. The van der Waals surface area contributed by atoms with Gasteiger partial charge in [0, 0.05) is 29.8 Å². The molecule has 0 bridgehead atoms. The Balaban J connectivity index is 1.28. The van der Waals surface area contributed by atoms with E-state index >= 15 is 0 Å². The van der Waals surface area contributed by atoms with Gasteiger partial charge in [0.25, 0.3) is 0 Å². The highest BCUT2D eigenvalue weighted by atomic mass is 16.6. The van der Waals surface area contributed by atoms with Crippen molar-refractivity contribution in [1.29, 1.82) is 0 Å². The number of aliphatic hydroxyl groups is 1. The van der Waals surface area contributed by atoms with Crippen LogP contribution in [0.3, 0.4) is 0 Å². The van der Waals surface area contributed by atoms with Crippen LogP contribution in [0.2, 0.25) is 0 Å². The summed E-state index contributed by atoms with van der Waals surface area (Å²) >= 11 is 0. The van der Waals surface area contributed by atoms with Gasteiger partial charge in [0.15, 0.2) is 11.5 Å². The van der Waals surface area contributed by atoms with E-state index in [2.05, 4.69) is 21.2 Å². The number of ether oxygens (including phenoxy) is 4. The van der Waals surface area contributed by atoms with E-state index in [9.17, 15) is 9.90 Å². The van der Waals surface area contributed by atoms with Crippen molar-refractivity contribution in [3.63, 3.8) is 0 Å². The molecule has 1 atom stereocenters. The molecule has 4 aromatic carbocycles. The van der Waals surface area contributed by atoms with Crippen molar-refractivity contribution in [1.82, 2.24) is 9.97 Å². The highest BCUT2D eigenvalue weighted by Crippen LogP contribution is 2.35. The fourth-order valence-electron chi connectivity index (χ4n) is 4.68. The lowest BCUT2D eigenvalue weighted by Gasteiger charge is -2.16. The van der Waals surface area contributed by atoms with E-state index < -0.39 is 5.92 Å². The number of carbonyl (C=O) groups is 1. The zero-order valence-corrected chi connectivity index (χ0v) is 24.6.